The highest BCUT2D eigenvalue weighted by Crippen LogP contribution is 2.11. The topological polar surface area (TPSA) is 69.6 Å². The lowest BCUT2D eigenvalue weighted by atomic mass is 10.4. The second-order valence-corrected chi connectivity index (χ2v) is 4.47. The molecule has 0 unspecified atom stereocenters. The van der Waals surface area contributed by atoms with Crippen molar-refractivity contribution in [3.63, 3.8) is 0 Å². The predicted octanol–water partition coefficient (Wildman–Crippen LogP) is 2.07. The average molecular weight is 317 g/mol. The van der Waals surface area contributed by atoms with Gasteiger partial charge in [-0.15, -0.1) is 0 Å². The molecule has 0 atom stereocenters. The molecule has 100 valence electrons. The molecule has 7 heteroatoms. The van der Waals surface area contributed by atoms with Crippen LogP contribution in [-0.4, -0.2) is 52.2 Å². The molecule has 0 aliphatic rings. The Labute approximate surface area is 115 Å². The highest BCUT2D eigenvalue weighted by Gasteiger charge is 2.16. The van der Waals surface area contributed by atoms with Crippen molar-refractivity contribution in [3.8, 4) is 0 Å². The number of aromatic nitrogens is 2. The maximum Gasteiger partial charge on any atom is 0.413 e. The Morgan fingerprint density at radius 2 is 1.94 bits per heavy atom. The zero-order chi connectivity index (χ0) is 13.5. The quantitative estimate of drug-likeness (QED) is 0.870. The van der Waals surface area contributed by atoms with Crippen LogP contribution in [0.3, 0.4) is 0 Å². The number of carboxylic acid groups (broad SMARTS) is 1. The molecule has 1 aromatic heterocycles. The summed E-state index contributed by atoms with van der Waals surface area (Å²) in [5.74, 6) is 0.345. The van der Waals surface area contributed by atoms with Gasteiger partial charge in [-0.25, -0.2) is 14.8 Å². The first-order chi connectivity index (χ1) is 8.58. The number of halogens is 1. The molecule has 1 N–H and O–H groups in total. The van der Waals surface area contributed by atoms with Crippen molar-refractivity contribution in [1.29, 1.82) is 0 Å². The zero-order valence-corrected chi connectivity index (χ0v) is 12.1. The van der Waals surface area contributed by atoms with Crippen LogP contribution >= 0.6 is 15.9 Å². The van der Waals surface area contributed by atoms with Crippen molar-refractivity contribution >= 4 is 27.8 Å². The summed E-state index contributed by atoms with van der Waals surface area (Å²) in [6.45, 7) is 6.96. The Bertz CT molecular complexity index is 381. The second-order valence-electron chi connectivity index (χ2n) is 3.66. The summed E-state index contributed by atoms with van der Waals surface area (Å²) in [5.41, 5.74) is 0. The van der Waals surface area contributed by atoms with Crippen LogP contribution in [0.1, 0.15) is 13.8 Å². The fraction of sp³-hybridized carbons (Fsp3) is 0.545. The number of hydrogen-bond donors (Lipinski definition) is 1. The largest absolute Gasteiger partial charge is 0.465 e. The maximum absolute atomic E-state index is 11.2. The van der Waals surface area contributed by atoms with Gasteiger partial charge in [0, 0.05) is 13.1 Å². The van der Waals surface area contributed by atoms with E-state index in [1.54, 1.807) is 0 Å². The number of anilines is 1. The molecule has 18 heavy (non-hydrogen) atoms. The van der Waals surface area contributed by atoms with Gasteiger partial charge in [0.05, 0.1) is 12.4 Å². The second kappa shape index (κ2) is 7.27. The standard InChI is InChI=1S/C11H17BrN4O2/c1-3-15(4-2)5-6-16(11(17)18)10-8-13-9(12)7-14-10/h7-8H,3-6H2,1-2H3,(H,17,18). The number of nitrogens with zero attached hydrogens (tertiary/aromatic N) is 4. The van der Waals surface area contributed by atoms with Crippen LogP contribution in [0.4, 0.5) is 10.6 Å². The van der Waals surface area contributed by atoms with Gasteiger partial charge in [-0.1, -0.05) is 13.8 Å². The molecule has 0 aromatic carbocycles. The van der Waals surface area contributed by atoms with E-state index in [2.05, 4.69) is 30.8 Å². The van der Waals surface area contributed by atoms with Crippen molar-refractivity contribution in [2.45, 2.75) is 13.8 Å². The lowest BCUT2D eigenvalue weighted by Crippen LogP contribution is -2.38. The first-order valence-corrected chi connectivity index (χ1v) is 6.58. The van der Waals surface area contributed by atoms with E-state index in [1.807, 2.05) is 13.8 Å². The molecule has 1 rings (SSSR count). The summed E-state index contributed by atoms with van der Waals surface area (Å²) in [6, 6.07) is 0. The predicted molar refractivity (Wildman–Crippen MR) is 72.9 cm³/mol. The average Bonchev–Trinajstić information content (AvgIpc) is 2.36. The highest BCUT2D eigenvalue weighted by atomic mass is 79.9. The van der Waals surface area contributed by atoms with E-state index in [1.165, 1.54) is 17.3 Å². The van der Waals surface area contributed by atoms with Gasteiger partial charge in [0.2, 0.25) is 0 Å². The molecule has 0 fully saturated rings. The Hall–Kier alpha value is -1.21. The molecule has 0 saturated heterocycles. The number of likely N-dealkylation sites (N-methyl/N-ethyl adjacent to an activating group) is 1. The molecule has 0 radical (unpaired) electrons. The van der Waals surface area contributed by atoms with Gasteiger partial charge < -0.3 is 10.0 Å². The van der Waals surface area contributed by atoms with E-state index >= 15 is 0 Å². The zero-order valence-electron chi connectivity index (χ0n) is 10.5. The monoisotopic (exact) mass is 316 g/mol. The summed E-state index contributed by atoms with van der Waals surface area (Å²) >= 11 is 3.17. The summed E-state index contributed by atoms with van der Waals surface area (Å²) in [6.07, 6.45) is 1.92. The van der Waals surface area contributed by atoms with Gasteiger partial charge in [0.15, 0.2) is 5.82 Å². The normalized spacial score (nSPS) is 10.7. The SMILES string of the molecule is CCN(CC)CCN(C(=O)O)c1cnc(Br)cn1. The van der Waals surface area contributed by atoms with Gasteiger partial charge in [-0.3, -0.25) is 4.90 Å². The molecule has 0 saturated carbocycles. The highest BCUT2D eigenvalue weighted by molar-refractivity contribution is 9.10. The van der Waals surface area contributed by atoms with Crippen LogP contribution in [0.15, 0.2) is 17.0 Å². The van der Waals surface area contributed by atoms with E-state index in [0.29, 0.717) is 23.5 Å². The fourth-order valence-electron chi connectivity index (χ4n) is 1.53. The van der Waals surface area contributed by atoms with E-state index < -0.39 is 6.09 Å². The third kappa shape index (κ3) is 4.23. The molecule has 0 aliphatic carbocycles. The van der Waals surface area contributed by atoms with Crippen molar-refractivity contribution in [3.05, 3.63) is 17.0 Å². The van der Waals surface area contributed by atoms with Crippen LogP contribution in [0.2, 0.25) is 0 Å². The Morgan fingerprint density at radius 3 is 2.39 bits per heavy atom. The van der Waals surface area contributed by atoms with Crippen LogP contribution in [0.5, 0.6) is 0 Å². The molecular weight excluding hydrogens is 300 g/mol. The fourth-order valence-corrected chi connectivity index (χ4v) is 1.74. The first-order valence-electron chi connectivity index (χ1n) is 5.78. The number of rotatable bonds is 6. The molecule has 0 spiro atoms. The lowest BCUT2D eigenvalue weighted by molar-refractivity contribution is 0.199. The van der Waals surface area contributed by atoms with Crippen LogP contribution in [-0.2, 0) is 0 Å². The molecule has 1 aromatic rings. The number of hydrogen-bond acceptors (Lipinski definition) is 4. The van der Waals surface area contributed by atoms with Crippen molar-refractivity contribution in [2.75, 3.05) is 31.1 Å². The Morgan fingerprint density at radius 1 is 1.28 bits per heavy atom. The molecule has 1 amide bonds. The molecule has 0 bridgehead atoms. The minimum atomic E-state index is -1.02. The summed E-state index contributed by atoms with van der Waals surface area (Å²) in [7, 11) is 0. The van der Waals surface area contributed by atoms with Crippen LogP contribution < -0.4 is 4.90 Å². The third-order valence-corrected chi connectivity index (χ3v) is 3.06. The van der Waals surface area contributed by atoms with Crippen molar-refractivity contribution in [1.82, 2.24) is 14.9 Å². The maximum atomic E-state index is 11.2. The van der Waals surface area contributed by atoms with Gasteiger partial charge in [-0.05, 0) is 29.0 Å². The lowest BCUT2D eigenvalue weighted by Gasteiger charge is -2.23. The number of carbonyl (C=O) groups is 1. The molecular formula is C11H17BrN4O2. The Kier molecular flexibility index (Phi) is 6.00. The van der Waals surface area contributed by atoms with E-state index in [-0.39, 0.29) is 0 Å². The number of amides is 1. The van der Waals surface area contributed by atoms with Gasteiger partial charge in [0.1, 0.15) is 4.60 Å². The smallest absolute Gasteiger partial charge is 0.413 e. The van der Waals surface area contributed by atoms with Gasteiger partial charge >= 0.3 is 6.09 Å². The Balaban J connectivity index is 2.71. The molecule has 1 heterocycles. The summed E-state index contributed by atoms with van der Waals surface area (Å²) in [5, 5.41) is 9.18. The van der Waals surface area contributed by atoms with Crippen LogP contribution in [0, 0.1) is 0 Å². The van der Waals surface area contributed by atoms with Gasteiger partial charge in [0.25, 0.3) is 0 Å². The summed E-state index contributed by atoms with van der Waals surface area (Å²) < 4.78 is 0.584. The van der Waals surface area contributed by atoms with Gasteiger partial charge in [-0.2, -0.15) is 0 Å². The van der Waals surface area contributed by atoms with Crippen molar-refractivity contribution < 1.29 is 9.90 Å². The van der Waals surface area contributed by atoms with E-state index in [4.69, 9.17) is 0 Å². The minimum Gasteiger partial charge on any atom is -0.465 e. The summed E-state index contributed by atoms with van der Waals surface area (Å²) in [4.78, 5) is 22.6. The van der Waals surface area contributed by atoms with Crippen LogP contribution in [0.25, 0.3) is 0 Å². The minimum absolute atomic E-state index is 0.345. The molecule has 0 aliphatic heterocycles. The molecule has 6 nitrogen and oxygen atoms in total. The third-order valence-electron chi connectivity index (χ3n) is 2.65. The van der Waals surface area contributed by atoms with E-state index in [0.717, 1.165) is 13.1 Å². The first kappa shape index (κ1) is 14.8. The van der Waals surface area contributed by atoms with E-state index in [9.17, 15) is 9.90 Å². The van der Waals surface area contributed by atoms with Crippen molar-refractivity contribution in [2.24, 2.45) is 0 Å².